The monoisotopic (exact) mass is 241 g/mol. The number of H-pyrrole nitrogens is 1. The first kappa shape index (κ1) is 11.8. The van der Waals surface area contributed by atoms with E-state index >= 15 is 0 Å². The summed E-state index contributed by atoms with van der Waals surface area (Å²) in [5.74, 6) is 0. The van der Waals surface area contributed by atoms with Crippen LogP contribution in [0.4, 0.5) is 0 Å². The molecule has 1 aromatic carbocycles. The molecule has 0 spiro atoms. The maximum absolute atomic E-state index is 10.5. The topological polar surface area (TPSA) is 32.9 Å². The van der Waals surface area contributed by atoms with Gasteiger partial charge >= 0.3 is 0 Å². The summed E-state index contributed by atoms with van der Waals surface area (Å²) in [6, 6.07) is 10.5. The van der Waals surface area contributed by atoms with Crippen molar-refractivity contribution in [3.63, 3.8) is 0 Å². The summed E-state index contributed by atoms with van der Waals surface area (Å²) >= 11 is 10.8. The van der Waals surface area contributed by atoms with Crippen LogP contribution < -0.4 is 0 Å². The molecule has 78 valence electrons. The first-order chi connectivity index (χ1) is 7.22. The SMILES string of the molecule is O=C(Cl)c1ccccc1Cl.c1cc[nH]c1. The van der Waals surface area contributed by atoms with E-state index in [4.69, 9.17) is 23.2 Å². The summed E-state index contributed by atoms with van der Waals surface area (Å²) in [4.78, 5) is 13.4. The second-order valence-corrected chi connectivity index (χ2v) is 3.39. The van der Waals surface area contributed by atoms with E-state index in [-0.39, 0.29) is 0 Å². The predicted molar refractivity (Wildman–Crippen MR) is 62.4 cm³/mol. The Morgan fingerprint density at radius 3 is 2.00 bits per heavy atom. The van der Waals surface area contributed by atoms with E-state index < -0.39 is 5.24 Å². The molecule has 0 unspecified atom stereocenters. The van der Waals surface area contributed by atoms with Gasteiger partial charge in [0.1, 0.15) is 0 Å². The van der Waals surface area contributed by atoms with Crippen molar-refractivity contribution in [2.75, 3.05) is 0 Å². The number of rotatable bonds is 1. The molecule has 1 heterocycles. The molecular weight excluding hydrogens is 233 g/mol. The Kier molecular flexibility index (Phi) is 4.95. The van der Waals surface area contributed by atoms with Crippen LogP contribution in [0.2, 0.25) is 5.02 Å². The number of hydrogen-bond donors (Lipinski definition) is 1. The third-order valence-electron chi connectivity index (χ3n) is 1.58. The van der Waals surface area contributed by atoms with Crippen LogP contribution in [0.1, 0.15) is 10.4 Å². The minimum Gasteiger partial charge on any atom is -0.368 e. The van der Waals surface area contributed by atoms with Gasteiger partial charge in [0.15, 0.2) is 0 Å². The summed E-state index contributed by atoms with van der Waals surface area (Å²) < 4.78 is 0. The fraction of sp³-hybridized carbons (Fsp3) is 0. The van der Waals surface area contributed by atoms with Crippen molar-refractivity contribution in [2.45, 2.75) is 0 Å². The van der Waals surface area contributed by atoms with Crippen molar-refractivity contribution < 1.29 is 4.79 Å². The van der Waals surface area contributed by atoms with Gasteiger partial charge in [-0.05, 0) is 35.9 Å². The zero-order chi connectivity index (χ0) is 11.1. The van der Waals surface area contributed by atoms with Crippen molar-refractivity contribution in [1.29, 1.82) is 0 Å². The van der Waals surface area contributed by atoms with Crippen LogP contribution in [-0.2, 0) is 0 Å². The summed E-state index contributed by atoms with van der Waals surface area (Å²) in [5.41, 5.74) is 0.353. The van der Waals surface area contributed by atoms with Gasteiger partial charge < -0.3 is 4.98 Å². The Bertz CT molecular complexity index is 395. The van der Waals surface area contributed by atoms with Crippen molar-refractivity contribution in [3.05, 3.63) is 59.4 Å². The van der Waals surface area contributed by atoms with E-state index in [1.54, 1.807) is 24.3 Å². The maximum Gasteiger partial charge on any atom is 0.253 e. The Labute approximate surface area is 97.8 Å². The molecular formula is C11H9Cl2NO. The number of halogens is 2. The molecule has 0 bridgehead atoms. The molecule has 15 heavy (non-hydrogen) atoms. The van der Waals surface area contributed by atoms with E-state index in [0.717, 1.165) is 0 Å². The van der Waals surface area contributed by atoms with Gasteiger partial charge in [-0.2, -0.15) is 0 Å². The molecule has 0 radical (unpaired) electrons. The molecule has 2 rings (SSSR count). The van der Waals surface area contributed by atoms with Crippen LogP contribution >= 0.6 is 23.2 Å². The Hall–Kier alpha value is -1.25. The normalized spacial score (nSPS) is 8.93. The molecule has 0 saturated heterocycles. The second-order valence-electron chi connectivity index (χ2n) is 2.64. The summed E-state index contributed by atoms with van der Waals surface area (Å²) in [6.45, 7) is 0. The third kappa shape index (κ3) is 4.19. The fourth-order valence-corrected chi connectivity index (χ4v) is 1.33. The zero-order valence-corrected chi connectivity index (χ0v) is 9.29. The van der Waals surface area contributed by atoms with Gasteiger partial charge in [0.05, 0.1) is 10.6 Å². The lowest BCUT2D eigenvalue weighted by Gasteiger charge is -1.93. The van der Waals surface area contributed by atoms with Crippen molar-refractivity contribution in [1.82, 2.24) is 4.98 Å². The van der Waals surface area contributed by atoms with Crippen LogP contribution in [0.5, 0.6) is 0 Å². The van der Waals surface area contributed by atoms with Gasteiger partial charge in [-0.25, -0.2) is 0 Å². The highest BCUT2D eigenvalue weighted by Gasteiger charge is 2.03. The van der Waals surface area contributed by atoms with Gasteiger partial charge in [0.2, 0.25) is 0 Å². The Morgan fingerprint density at radius 1 is 1.07 bits per heavy atom. The van der Waals surface area contributed by atoms with E-state index in [2.05, 4.69) is 4.98 Å². The Balaban J connectivity index is 0.000000187. The lowest BCUT2D eigenvalue weighted by atomic mass is 10.2. The molecule has 1 N–H and O–H groups in total. The molecule has 0 aliphatic heterocycles. The van der Waals surface area contributed by atoms with E-state index in [1.165, 1.54) is 0 Å². The average Bonchev–Trinajstić information content (AvgIpc) is 2.75. The first-order valence-corrected chi connectivity index (χ1v) is 4.99. The molecule has 0 fully saturated rings. The molecule has 2 aromatic rings. The Morgan fingerprint density at radius 2 is 1.67 bits per heavy atom. The van der Waals surface area contributed by atoms with E-state index in [9.17, 15) is 4.79 Å². The second kappa shape index (κ2) is 6.27. The van der Waals surface area contributed by atoms with E-state index in [0.29, 0.717) is 10.6 Å². The molecule has 0 saturated carbocycles. The number of nitrogens with one attached hydrogen (secondary N) is 1. The molecule has 4 heteroatoms. The first-order valence-electron chi connectivity index (χ1n) is 4.24. The van der Waals surface area contributed by atoms with E-state index in [1.807, 2.05) is 24.5 Å². The number of aromatic amines is 1. The third-order valence-corrected chi connectivity index (χ3v) is 2.11. The number of carbonyl (C=O) groups excluding carboxylic acids is 1. The number of hydrogen-bond acceptors (Lipinski definition) is 1. The standard InChI is InChI=1S/C7H4Cl2O.C4H5N/c8-6-4-2-1-3-5(6)7(9)10;1-2-4-5-3-1/h1-4H;1-5H. The van der Waals surface area contributed by atoms with Gasteiger partial charge in [0.25, 0.3) is 5.24 Å². The van der Waals surface area contributed by atoms with Crippen LogP contribution in [0.25, 0.3) is 0 Å². The lowest BCUT2D eigenvalue weighted by Crippen LogP contribution is -1.87. The van der Waals surface area contributed by atoms with Crippen molar-refractivity contribution >= 4 is 28.4 Å². The molecule has 1 aromatic heterocycles. The summed E-state index contributed by atoms with van der Waals surface area (Å²) in [7, 11) is 0. The average molecular weight is 242 g/mol. The van der Waals surface area contributed by atoms with Gasteiger partial charge in [-0.15, -0.1) is 0 Å². The number of aromatic nitrogens is 1. The smallest absolute Gasteiger partial charge is 0.253 e. The van der Waals surface area contributed by atoms with Crippen LogP contribution in [0.15, 0.2) is 48.8 Å². The molecule has 0 amide bonds. The minimum absolute atomic E-state index is 0.353. The van der Waals surface area contributed by atoms with Crippen molar-refractivity contribution in [2.24, 2.45) is 0 Å². The molecule has 0 aliphatic rings. The molecule has 0 aliphatic carbocycles. The summed E-state index contributed by atoms with van der Waals surface area (Å²) in [6.07, 6.45) is 3.75. The van der Waals surface area contributed by atoms with Crippen LogP contribution in [0, 0.1) is 0 Å². The highest BCUT2D eigenvalue weighted by molar-refractivity contribution is 6.68. The number of carbonyl (C=O) groups is 1. The van der Waals surface area contributed by atoms with Gasteiger partial charge in [-0.3, -0.25) is 4.79 Å². The largest absolute Gasteiger partial charge is 0.368 e. The summed E-state index contributed by atoms with van der Waals surface area (Å²) in [5, 5.41) is -0.131. The van der Waals surface area contributed by atoms with Gasteiger partial charge in [-0.1, -0.05) is 23.7 Å². The maximum atomic E-state index is 10.5. The van der Waals surface area contributed by atoms with Crippen molar-refractivity contribution in [3.8, 4) is 0 Å². The minimum atomic E-state index is -0.523. The van der Waals surface area contributed by atoms with Gasteiger partial charge in [0, 0.05) is 12.4 Å². The highest BCUT2D eigenvalue weighted by atomic mass is 35.5. The predicted octanol–water partition coefficient (Wildman–Crippen LogP) is 3.73. The number of benzene rings is 1. The highest BCUT2D eigenvalue weighted by Crippen LogP contribution is 2.16. The lowest BCUT2D eigenvalue weighted by molar-refractivity contribution is 0.108. The van der Waals surface area contributed by atoms with Crippen LogP contribution in [0.3, 0.4) is 0 Å². The molecule has 0 atom stereocenters. The molecule has 2 nitrogen and oxygen atoms in total. The quantitative estimate of drug-likeness (QED) is 0.759. The zero-order valence-electron chi connectivity index (χ0n) is 7.78. The van der Waals surface area contributed by atoms with Crippen LogP contribution in [-0.4, -0.2) is 10.2 Å². The fourth-order valence-electron chi connectivity index (χ4n) is 0.898.